The maximum absolute atomic E-state index is 10.9. The maximum atomic E-state index is 10.9. The Labute approximate surface area is 82.6 Å². The summed E-state index contributed by atoms with van der Waals surface area (Å²) in [5, 5.41) is 14.0. The van der Waals surface area contributed by atoms with Crippen LogP contribution in [-0.2, 0) is 14.3 Å². The molecule has 14 heavy (non-hydrogen) atoms. The summed E-state index contributed by atoms with van der Waals surface area (Å²) in [5.41, 5.74) is -1.17. The summed E-state index contributed by atoms with van der Waals surface area (Å²) in [6.45, 7) is 1.55. The van der Waals surface area contributed by atoms with Crippen molar-refractivity contribution in [3.63, 3.8) is 0 Å². The average Bonchev–Trinajstić information content (AvgIpc) is 2.13. The molecule has 0 bridgehead atoms. The van der Waals surface area contributed by atoms with Gasteiger partial charge in [0, 0.05) is 20.7 Å². The summed E-state index contributed by atoms with van der Waals surface area (Å²) >= 11 is 0. The van der Waals surface area contributed by atoms with Crippen molar-refractivity contribution < 1.29 is 19.4 Å². The second-order valence-electron chi connectivity index (χ2n) is 3.19. The summed E-state index contributed by atoms with van der Waals surface area (Å²) in [5.74, 6) is -1.51. The second kappa shape index (κ2) is 5.56. The number of hydrogen-bond donors (Lipinski definition) is 3. The van der Waals surface area contributed by atoms with Crippen LogP contribution in [0, 0.1) is 0 Å². The van der Waals surface area contributed by atoms with E-state index < -0.39 is 17.4 Å². The van der Waals surface area contributed by atoms with Gasteiger partial charge in [-0.15, -0.1) is 0 Å². The van der Waals surface area contributed by atoms with Gasteiger partial charge in [0.25, 0.3) is 0 Å². The molecule has 2 amide bonds. The highest BCUT2D eigenvalue weighted by molar-refractivity contribution is 6.35. The highest BCUT2D eigenvalue weighted by atomic mass is 16.5. The highest BCUT2D eigenvalue weighted by Gasteiger charge is 2.22. The molecule has 1 atom stereocenters. The Hall–Kier alpha value is -1.14. The molecular weight excluding hydrogens is 188 g/mol. The Morgan fingerprint density at radius 1 is 1.43 bits per heavy atom. The van der Waals surface area contributed by atoms with Crippen LogP contribution in [-0.4, -0.2) is 49.8 Å². The van der Waals surface area contributed by atoms with Crippen molar-refractivity contribution >= 4 is 11.8 Å². The quantitative estimate of drug-likeness (QED) is 0.474. The molecule has 0 aromatic heterocycles. The number of likely N-dealkylation sites (N-methyl/N-ethyl adjacent to an activating group) is 1. The average molecular weight is 204 g/mol. The second-order valence-corrected chi connectivity index (χ2v) is 3.19. The molecule has 6 nitrogen and oxygen atoms in total. The largest absolute Gasteiger partial charge is 0.386 e. The Balaban J connectivity index is 3.93. The van der Waals surface area contributed by atoms with Gasteiger partial charge in [0.2, 0.25) is 0 Å². The van der Waals surface area contributed by atoms with Gasteiger partial charge in [-0.05, 0) is 6.92 Å². The monoisotopic (exact) mass is 204 g/mol. The number of rotatable bonds is 4. The molecule has 0 rings (SSSR count). The minimum absolute atomic E-state index is 0.0346. The number of amides is 2. The molecule has 0 saturated heterocycles. The Morgan fingerprint density at radius 3 is 2.43 bits per heavy atom. The summed E-state index contributed by atoms with van der Waals surface area (Å²) in [7, 11) is 2.80. The molecule has 0 fully saturated rings. The molecule has 3 N–H and O–H groups in total. The molecule has 0 saturated carbocycles. The van der Waals surface area contributed by atoms with Gasteiger partial charge in [-0.25, -0.2) is 0 Å². The fourth-order valence-electron chi connectivity index (χ4n) is 0.826. The van der Waals surface area contributed by atoms with E-state index in [0.29, 0.717) is 0 Å². The SMILES string of the molecule is CNC(=O)C(=O)NCC(C)(O)COC. The molecule has 0 aromatic carbocycles. The Morgan fingerprint density at radius 2 is 2.00 bits per heavy atom. The number of methoxy groups -OCH3 is 1. The third-order valence-corrected chi connectivity index (χ3v) is 1.52. The number of hydrogen-bond acceptors (Lipinski definition) is 4. The zero-order valence-electron chi connectivity index (χ0n) is 8.59. The van der Waals surface area contributed by atoms with Gasteiger partial charge in [0.05, 0.1) is 6.61 Å². The van der Waals surface area contributed by atoms with E-state index in [9.17, 15) is 14.7 Å². The van der Waals surface area contributed by atoms with E-state index in [-0.39, 0.29) is 13.2 Å². The van der Waals surface area contributed by atoms with Crippen LogP contribution in [0.1, 0.15) is 6.92 Å². The van der Waals surface area contributed by atoms with Gasteiger partial charge in [-0.2, -0.15) is 0 Å². The Bertz CT molecular complexity index is 215. The van der Waals surface area contributed by atoms with Crippen molar-refractivity contribution in [2.75, 3.05) is 27.3 Å². The number of aliphatic hydroxyl groups is 1. The van der Waals surface area contributed by atoms with E-state index in [1.165, 1.54) is 21.1 Å². The number of nitrogens with one attached hydrogen (secondary N) is 2. The van der Waals surface area contributed by atoms with Crippen LogP contribution < -0.4 is 10.6 Å². The first-order valence-electron chi connectivity index (χ1n) is 4.14. The first-order chi connectivity index (χ1) is 6.43. The van der Waals surface area contributed by atoms with Crippen molar-refractivity contribution in [2.45, 2.75) is 12.5 Å². The standard InChI is InChI=1S/C8H16N2O4/c1-8(13,5-14-3)4-10-7(12)6(11)9-2/h13H,4-5H2,1-3H3,(H,9,11)(H,10,12). The van der Waals surface area contributed by atoms with Crippen LogP contribution in [0.4, 0.5) is 0 Å². The van der Waals surface area contributed by atoms with Crippen molar-refractivity contribution in [3.8, 4) is 0 Å². The van der Waals surface area contributed by atoms with Crippen molar-refractivity contribution in [1.82, 2.24) is 10.6 Å². The molecule has 0 aliphatic heterocycles. The zero-order valence-corrected chi connectivity index (χ0v) is 8.59. The lowest BCUT2D eigenvalue weighted by Crippen LogP contribution is -2.47. The lowest BCUT2D eigenvalue weighted by molar-refractivity contribution is -0.139. The highest BCUT2D eigenvalue weighted by Crippen LogP contribution is 2.00. The minimum Gasteiger partial charge on any atom is -0.386 e. The lowest BCUT2D eigenvalue weighted by atomic mass is 10.1. The lowest BCUT2D eigenvalue weighted by Gasteiger charge is -2.22. The fraction of sp³-hybridized carbons (Fsp3) is 0.750. The van der Waals surface area contributed by atoms with E-state index in [1.807, 2.05) is 0 Å². The van der Waals surface area contributed by atoms with Crippen LogP contribution in [0.25, 0.3) is 0 Å². The van der Waals surface area contributed by atoms with Gasteiger partial charge in [-0.1, -0.05) is 0 Å². The molecule has 82 valence electrons. The number of carbonyl (C=O) groups excluding carboxylic acids is 2. The minimum atomic E-state index is -1.17. The molecular formula is C8H16N2O4. The predicted molar refractivity (Wildman–Crippen MR) is 49.6 cm³/mol. The Kier molecular flexibility index (Phi) is 5.11. The molecule has 0 aromatic rings. The number of carbonyl (C=O) groups is 2. The zero-order chi connectivity index (χ0) is 11.2. The van der Waals surface area contributed by atoms with Gasteiger partial charge in [0.15, 0.2) is 0 Å². The van der Waals surface area contributed by atoms with Gasteiger partial charge in [-0.3, -0.25) is 9.59 Å². The van der Waals surface area contributed by atoms with Crippen LogP contribution in [0.2, 0.25) is 0 Å². The molecule has 0 spiro atoms. The van der Waals surface area contributed by atoms with Gasteiger partial charge >= 0.3 is 11.8 Å². The molecule has 0 radical (unpaired) electrons. The third kappa shape index (κ3) is 4.78. The smallest absolute Gasteiger partial charge is 0.309 e. The summed E-state index contributed by atoms with van der Waals surface area (Å²) in [6, 6.07) is 0. The first kappa shape index (κ1) is 12.9. The molecule has 6 heteroatoms. The van der Waals surface area contributed by atoms with Crippen molar-refractivity contribution in [2.24, 2.45) is 0 Å². The normalized spacial score (nSPS) is 14.3. The molecule has 0 aliphatic carbocycles. The number of ether oxygens (including phenoxy) is 1. The van der Waals surface area contributed by atoms with Gasteiger partial charge < -0.3 is 20.5 Å². The van der Waals surface area contributed by atoms with E-state index >= 15 is 0 Å². The van der Waals surface area contributed by atoms with Crippen LogP contribution in [0.15, 0.2) is 0 Å². The topological polar surface area (TPSA) is 87.7 Å². The van der Waals surface area contributed by atoms with Crippen LogP contribution in [0.3, 0.4) is 0 Å². The molecule has 0 aliphatic rings. The van der Waals surface area contributed by atoms with E-state index in [2.05, 4.69) is 10.6 Å². The summed E-state index contributed by atoms with van der Waals surface area (Å²) in [4.78, 5) is 21.7. The third-order valence-electron chi connectivity index (χ3n) is 1.52. The molecule has 0 heterocycles. The predicted octanol–water partition coefficient (Wildman–Crippen LogP) is -1.75. The summed E-state index contributed by atoms with van der Waals surface area (Å²) in [6.07, 6.45) is 0. The van der Waals surface area contributed by atoms with Crippen molar-refractivity contribution in [1.29, 1.82) is 0 Å². The van der Waals surface area contributed by atoms with Crippen molar-refractivity contribution in [3.05, 3.63) is 0 Å². The van der Waals surface area contributed by atoms with E-state index in [0.717, 1.165) is 0 Å². The van der Waals surface area contributed by atoms with Gasteiger partial charge in [0.1, 0.15) is 5.60 Å². The molecule has 1 unspecified atom stereocenters. The maximum Gasteiger partial charge on any atom is 0.309 e. The van der Waals surface area contributed by atoms with Crippen LogP contribution >= 0.6 is 0 Å². The van der Waals surface area contributed by atoms with E-state index in [1.54, 1.807) is 0 Å². The summed E-state index contributed by atoms with van der Waals surface area (Å²) < 4.78 is 4.72. The van der Waals surface area contributed by atoms with Crippen LogP contribution in [0.5, 0.6) is 0 Å². The van der Waals surface area contributed by atoms with E-state index in [4.69, 9.17) is 4.74 Å². The fourth-order valence-corrected chi connectivity index (χ4v) is 0.826. The first-order valence-corrected chi connectivity index (χ1v) is 4.14.